The highest BCUT2D eigenvalue weighted by atomic mass is 16.5. The van der Waals surface area contributed by atoms with Gasteiger partial charge < -0.3 is 4.52 Å². The quantitative estimate of drug-likeness (QED) is 0.536. The van der Waals surface area contributed by atoms with Crippen LogP contribution in [-0.2, 0) is 6.42 Å². The fourth-order valence-electron chi connectivity index (χ4n) is 0.491. The molecule has 0 spiro atoms. The number of hydrogen-bond donors (Lipinski definition) is 0. The monoisotopic (exact) mass is 109 g/mol. The van der Waals surface area contributed by atoms with E-state index in [2.05, 4.69) is 16.3 Å². The van der Waals surface area contributed by atoms with Crippen LogP contribution in [-0.4, -0.2) is 5.16 Å². The van der Waals surface area contributed by atoms with Gasteiger partial charge in [0.1, 0.15) is 6.26 Å². The Morgan fingerprint density at radius 1 is 1.88 bits per heavy atom. The smallest absolute Gasteiger partial charge is 0.124 e. The molecule has 0 radical (unpaired) electrons. The molecular weight excluding hydrogens is 102 g/mol. The van der Waals surface area contributed by atoms with Gasteiger partial charge in [-0.25, -0.2) is 0 Å². The van der Waals surface area contributed by atoms with Crippen LogP contribution in [0.3, 0.4) is 0 Å². The average molecular weight is 109 g/mol. The molecule has 0 unspecified atom stereocenters. The molecule has 0 saturated heterocycles. The van der Waals surface area contributed by atoms with E-state index in [1.54, 1.807) is 12.3 Å². The van der Waals surface area contributed by atoms with Gasteiger partial charge in [0.2, 0.25) is 0 Å². The lowest BCUT2D eigenvalue weighted by Gasteiger charge is -1.77. The lowest BCUT2D eigenvalue weighted by atomic mass is 10.3. The van der Waals surface area contributed by atoms with E-state index in [0.29, 0.717) is 0 Å². The molecule has 0 aliphatic carbocycles. The van der Waals surface area contributed by atoms with Gasteiger partial charge in [0, 0.05) is 12.5 Å². The van der Waals surface area contributed by atoms with Crippen molar-refractivity contribution in [3.8, 4) is 0 Å². The predicted octanol–water partition coefficient (Wildman–Crippen LogP) is 1.40. The van der Waals surface area contributed by atoms with Crippen molar-refractivity contribution in [2.75, 3.05) is 0 Å². The van der Waals surface area contributed by atoms with E-state index in [9.17, 15) is 0 Å². The summed E-state index contributed by atoms with van der Waals surface area (Å²) in [5.41, 5.74) is 0.931. The van der Waals surface area contributed by atoms with Gasteiger partial charge in [0.05, 0.1) is 5.69 Å². The maximum Gasteiger partial charge on any atom is 0.124 e. The molecule has 0 aliphatic heterocycles. The van der Waals surface area contributed by atoms with E-state index < -0.39 is 0 Å². The zero-order chi connectivity index (χ0) is 5.82. The maximum atomic E-state index is 4.57. The number of rotatable bonds is 2. The van der Waals surface area contributed by atoms with Gasteiger partial charge in [-0.05, 0) is 0 Å². The third-order valence-electron chi connectivity index (χ3n) is 0.845. The second-order valence-corrected chi connectivity index (χ2v) is 1.48. The first-order valence-electron chi connectivity index (χ1n) is 2.43. The first-order valence-corrected chi connectivity index (χ1v) is 2.43. The molecule has 8 heavy (non-hydrogen) atoms. The molecule has 0 atom stereocenters. The van der Waals surface area contributed by atoms with Gasteiger partial charge in [0.15, 0.2) is 0 Å². The van der Waals surface area contributed by atoms with Crippen molar-refractivity contribution in [1.29, 1.82) is 0 Å². The van der Waals surface area contributed by atoms with Crippen LogP contribution in [0.1, 0.15) is 5.69 Å². The molecule has 0 bridgehead atoms. The summed E-state index contributed by atoms with van der Waals surface area (Å²) in [6, 6.07) is 1.82. The highest BCUT2D eigenvalue weighted by molar-refractivity contribution is 4.99. The van der Waals surface area contributed by atoms with Crippen molar-refractivity contribution in [3.05, 3.63) is 30.7 Å². The largest absolute Gasteiger partial charge is 0.365 e. The molecule has 0 amide bonds. The minimum atomic E-state index is 0.788. The van der Waals surface area contributed by atoms with Crippen molar-refractivity contribution >= 4 is 0 Å². The molecule has 2 nitrogen and oxygen atoms in total. The molecule has 1 rings (SSSR count). The second kappa shape index (κ2) is 2.31. The van der Waals surface area contributed by atoms with Crippen LogP contribution < -0.4 is 0 Å². The van der Waals surface area contributed by atoms with Crippen LogP contribution in [0.15, 0.2) is 29.5 Å². The van der Waals surface area contributed by atoms with Crippen LogP contribution in [0, 0.1) is 0 Å². The predicted molar refractivity (Wildman–Crippen MR) is 30.4 cm³/mol. The van der Waals surface area contributed by atoms with Gasteiger partial charge in [-0.15, -0.1) is 6.58 Å². The third-order valence-corrected chi connectivity index (χ3v) is 0.845. The summed E-state index contributed by atoms with van der Waals surface area (Å²) in [7, 11) is 0. The van der Waals surface area contributed by atoms with Gasteiger partial charge in [-0.2, -0.15) is 0 Å². The molecule has 42 valence electrons. The Morgan fingerprint density at radius 3 is 3.25 bits per heavy atom. The fourth-order valence-corrected chi connectivity index (χ4v) is 0.491. The minimum absolute atomic E-state index is 0.788. The molecular formula is C6H7NO. The van der Waals surface area contributed by atoms with Crippen LogP contribution >= 0.6 is 0 Å². The molecule has 0 saturated carbocycles. The summed E-state index contributed by atoms with van der Waals surface area (Å²) in [6.07, 6.45) is 4.13. The zero-order valence-electron chi connectivity index (χ0n) is 4.50. The Labute approximate surface area is 47.8 Å². The Bertz CT molecular complexity index is 155. The average Bonchev–Trinajstić information content (AvgIpc) is 2.19. The lowest BCUT2D eigenvalue weighted by Crippen LogP contribution is -1.75. The maximum absolute atomic E-state index is 4.57. The first-order chi connectivity index (χ1) is 3.93. The third kappa shape index (κ3) is 0.964. The van der Waals surface area contributed by atoms with E-state index in [1.165, 1.54) is 0 Å². The minimum Gasteiger partial charge on any atom is -0.365 e. The van der Waals surface area contributed by atoms with E-state index in [-0.39, 0.29) is 0 Å². The number of aromatic nitrogens is 1. The van der Waals surface area contributed by atoms with E-state index in [0.717, 1.165) is 12.1 Å². The van der Waals surface area contributed by atoms with Crippen LogP contribution in [0.25, 0.3) is 0 Å². The van der Waals surface area contributed by atoms with E-state index in [4.69, 9.17) is 0 Å². The van der Waals surface area contributed by atoms with Crippen LogP contribution in [0.2, 0.25) is 0 Å². The van der Waals surface area contributed by atoms with Gasteiger partial charge in [0.25, 0.3) is 0 Å². The molecule has 1 heterocycles. The molecule has 1 aromatic rings. The van der Waals surface area contributed by atoms with Crippen LogP contribution in [0.5, 0.6) is 0 Å². The summed E-state index contributed by atoms with van der Waals surface area (Å²) in [6.45, 7) is 3.55. The summed E-state index contributed by atoms with van der Waals surface area (Å²) in [5, 5.41) is 3.66. The highest BCUT2D eigenvalue weighted by Gasteiger charge is 1.88. The Kier molecular flexibility index (Phi) is 1.47. The zero-order valence-corrected chi connectivity index (χ0v) is 4.50. The van der Waals surface area contributed by atoms with Gasteiger partial charge in [-0.3, -0.25) is 0 Å². The van der Waals surface area contributed by atoms with Crippen molar-refractivity contribution < 1.29 is 4.52 Å². The normalized spacial score (nSPS) is 9.00. The fraction of sp³-hybridized carbons (Fsp3) is 0.167. The van der Waals surface area contributed by atoms with E-state index >= 15 is 0 Å². The highest BCUT2D eigenvalue weighted by Crippen LogP contribution is 1.94. The number of nitrogens with zero attached hydrogens (tertiary/aromatic N) is 1. The second-order valence-electron chi connectivity index (χ2n) is 1.48. The SMILES string of the molecule is C=CCc1ccon1. The molecule has 0 aliphatic rings. The Morgan fingerprint density at radius 2 is 2.75 bits per heavy atom. The Balaban J connectivity index is 2.62. The molecule has 1 aromatic heterocycles. The van der Waals surface area contributed by atoms with Gasteiger partial charge in [-0.1, -0.05) is 11.2 Å². The molecule has 0 N–H and O–H groups in total. The van der Waals surface area contributed by atoms with Crippen molar-refractivity contribution in [1.82, 2.24) is 5.16 Å². The van der Waals surface area contributed by atoms with E-state index in [1.807, 2.05) is 6.07 Å². The van der Waals surface area contributed by atoms with Crippen molar-refractivity contribution in [2.24, 2.45) is 0 Å². The lowest BCUT2D eigenvalue weighted by molar-refractivity contribution is 0.413. The topological polar surface area (TPSA) is 26.0 Å². The number of hydrogen-bond acceptors (Lipinski definition) is 2. The standard InChI is InChI=1S/C6H7NO/c1-2-3-6-4-5-8-7-6/h2,4-5H,1,3H2. The summed E-state index contributed by atoms with van der Waals surface area (Å²) in [5.74, 6) is 0. The number of allylic oxidation sites excluding steroid dienone is 1. The molecule has 0 aromatic carbocycles. The first kappa shape index (κ1) is 5.09. The van der Waals surface area contributed by atoms with Crippen molar-refractivity contribution in [2.45, 2.75) is 6.42 Å². The van der Waals surface area contributed by atoms with Crippen molar-refractivity contribution in [3.63, 3.8) is 0 Å². The summed E-state index contributed by atoms with van der Waals surface area (Å²) >= 11 is 0. The Hall–Kier alpha value is -1.05. The summed E-state index contributed by atoms with van der Waals surface area (Å²) in [4.78, 5) is 0. The summed E-state index contributed by atoms with van der Waals surface area (Å²) < 4.78 is 4.57. The van der Waals surface area contributed by atoms with Gasteiger partial charge >= 0.3 is 0 Å². The molecule has 0 fully saturated rings. The molecule has 2 heteroatoms. The van der Waals surface area contributed by atoms with Crippen LogP contribution in [0.4, 0.5) is 0 Å².